The van der Waals surface area contributed by atoms with Crippen LogP contribution in [0, 0.1) is 10.1 Å². The Labute approximate surface area is 111 Å². The number of nitrogens with zero attached hydrogens (tertiary/aromatic N) is 1. The van der Waals surface area contributed by atoms with E-state index in [0.717, 1.165) is 6.54 Å². The maximum atomic E-state index is 10.9. The van der Waals surface area contributed by atoms with E-state index in [2.05, 4.69) is 5.32 Å². The van der Waals surface area contributed by atoms with Crippen LogP contribution in [0.5, 0.6) is 11.5 Å². The summed E-state index contributed by atoms with van der Waals surface area (Å²) in [5.41, 5.74) is -0.185. The Kier molecular flexibility index (Phi) is 6.04. The smallest absolute Gasteiger partial charge is 0.314 e. The minimum Gasteiger partial charge on any atom is -0.496 e. The molecule has 1 atom stereocenters. The Hall–Kier alpha value is -1.86. The van der Waals surface area contributed by atoms with Gasteiger partial charge in [0.25, 0.3) is 0 Å². The second-order valence-electron chi connectivity index (χ2n) is 3.86. The van der Waals surface area contributed by atoms with Crippen molar-refractivity contribution >= 4 is 5.69 Å². The molecule has 0 bridgehead atoms. The van der Waals surface area contributed by atoms with Gasteiger partial charge in [0.1, 0.15) is 18.5 Å². The fourth-order valence-corrected chi connectivity index (χ4v) is 1.44. The molecule has 0 amide bonds. The van der Waals surface area contributed by atoms with E-state index in [4.69, 9.17) is 9.47 Å². The number of aliphatic hydroxyl groups is 1. The van der Waals surface area contributed by atoms with Crippen LogP contribution in [0.4, 0.5) is 5.69 Å². The molecule has 7 heteroatoms. The zero-order valence-corrected chi connectivity index (χ0v) is 11.0. The van der Waals surface area contributed by atoms with Crippen LogP contribution >= 0.6 is 0 Å². The molecular weight excluding hydrogens is 252 g/mol. The third-order valence-electron chi connectivity index (χ3n) is 2.42. The molecule has 1 unspecified atom stereocenters. The van der Waals surface area contributed by atoms with E-state index < -0.39 is 11.0 Å². The summed E-state index contributed by atoms with van der Waals surface area (Å²) < 4.78 is 10.2. The first-order chi connectivity index (χ1) is 9.08. The molecule has 1 rings (SSSR count). The van der Waals surface area contributed by atoms with E-state index in [1.54, 1.807) is 6.07 Å². The molecule has 1 aromatic carbocycles. The van der Waals surface area contributed by atoms with Crippen molar-refractivity contribution in [1.82, 2.24) is 5.32 Å². The quantitative estimate of drug-likeness (QED) is 0.539. The number of nitro benzene ring substituents is 1. The summed E-state index contributed by atoms with van der Waals surface area (Å²) in [5, 5.41) is 23.4. The van der Waals surface area contributed by atoms with Gasteiger partial charge in [-0.05, 0) is 18.7 Å². The zero-order valence-electron chi connectivity index (χ0n) is 11.0. The van der Waals surface area contributed by atoms with Crippen molar-refractivity contribution in [2.45, 2.75) is 13.0 Å². The fourth-order valence-electron chi connectivity index (χ4n) is 1.44. The molecule has 0 aromatic heterocycles. The zero-order chi connectivity index (χ0) is 14.3. The van der Waals surface area contributed by atoms with Crippen LogP contribution in [-0.2, 0) is 0 Å². The minimum atomic E-state index is -0.721. The maximum absolute atomic E-state index is 10.9. The summed E-state index contributed by atoms with van der Waals surface area (Å²) in [4.78, 5) is 10.4. The SMILES string of the molecule is CCNCC(O)COc1ccc(OC)cc1[N+](=O)[O-]. The van der Waals surface area contributed by atoms with E-state index in [0.29, 0.717) is 12.3 Å². The van der Waals surface area contributed by atoms with Gasteiger partial charge < -0.3 is 19.9 Å². The molecule has 7 nitrogen and oxygen atoms in total. The van der Waals surface area contributed by atoms with Gasteiger partial charge in [0.15, 0.2) is 5.75 Å². The van der Waals surface area contributed by atoms with E-state index in [1.165, 1.54) is 19.2 Å². The predicted molar refractivity (Wildman–Crippen MR) is 69.7 cm³/mol. The summed E-state index contributed by atoms with van der Waals surface area (Å²) in [6.07, 6.45) is -0.721. The van der Waals surface area contributed by atoms with Crippen LogP contribution in [0.2, 0.25) is 0 Å². The van der Waals surface area contributed by atoms with Gasteiger partial charge in [-0.15, -0.1) is 0 Å². The van der Waals surface area contributed by atoms with Gasteiger partial charge in [-0.25, -0.2) is 0 Å². The molecule has 0 saturated heterocycles. The molecule has 0 aliphatic heterocycles. The van der Waals surface area contributed by atoms with Gasteiger partial charge in [0.05, 0.1) is 18.1 Å². The molecule has 0 radical (unpaired) electrons. The molecule has 106 valence electrons. The molecular formula is C12H18N2O5. The summed E-state index contributed by atoms with van der Waals surface area (Å²) in [7, 11) is 1.43. The highest BCUT2D eigenvalue weighted by molar-refractivity contribution is 5.50. The monoisotopic (exact) mass is 270 g/mol. The van der Waals surface area contributed by atoms with Crippen LogP contribution in [0.15, 0.2) is 18.2 Å². The van der Waals surface area contributed by atoms with Crippen LogP contribution in [0.3, 0.4) is 0 Å². The minimum absolute atomic E-state index is 0.0137. The van der Waals surface area contributed by atoms with Crippen LogP contribution in [-0.4, -0.2) is 42.9 Å². The Bertz CT molecular complexity index is 425. The number of aliphatic hydroxyl groups excluding tert-OH is 1. The molecule has 0 saturated carbocycles. The first kappa shape index (κ1) is 15.2. The Morgan fingerprint density at radius 2 is 2.26 bits per heavy atom. The third-order valence-corrected chi connectivity index (χ3v) is 2.42. The average molecular weight is 270 g/mol. The first-order valence-corrected chi connectivity index (χ1v) is 5.92. The van der Waals surface area contributed by atoms with Gasteiger partial charge in [-0.3, -0.25) is 10.1 Å². The van der Waals surface area contributed by atoms with Crippen LogP contribution < -0.4 is 14.8 Å². The highest BCUT2D eigenvalue weighted by Gasteiger charge is 2.17. The summed E-state index contributed by atoms with van der Waals surface area (Å²) in [5.74, 6) is 0.494. The number of rotatable bonds is 8. The van der Waals surface area contributed by atoms with E-state index in [1.807, 2.05) is 6.92 Å². The van der Waals surface area contributed by atoms with Crippen molar-refractivity contribution in [3.05, 3.63) is 28.3 Å². The van der Waals surface area contributed by atoms with Gasteiger partial charge in [0, 0.05) is 6.54 Å². The Morgan fingerprint density at radius 3 is 2.84 bits per heavy atom. The molecule has 0 heterocycles. The highest BCUT2D eigenvalue weighted by Crippen LogP contribution is 2.30. The maximum Gasteiger partial charge on any atom is 0.314 e. The van der Waals surface area contributed by atoms with Crippen molar-refractivity contribution in [2.75, 3.05) is 26.8 Å². The van der Waals surface area contributed by atoms with Crippen LogP contribution in [0.25, 0.3) is 0 Å². The average Bonchev–Trinajstić information content (AvgIpc) is 2.42. The molecule has 2 N–H and O–H groups in total. The molecule has 0 aliphatic rings. The number of likely N-dealkylation sites (N-methyl/N-ethyl adjacent to an activating group) is 1. The number of nitrogens with one attached hydrogen (secondary N) is 1. The topological polar surface area (TPSA) is 93.9 Å². The van der Waals surface area contributed by atoms with Gasteiger partial charge in [-0.2, -0.15) is 0 Å². The van der Waals surface area contributed by atoms with Crippen molar-refractivity contribution in [2.24, 2.45) is 0 Å². The number of nitro groups is 1. The van der Waals surface area contributed by atoms with E-state index >= 15 is 0 Å². The van der Waals surface area contributed by atoms with Crippen molar-refractivity contribution in [1.29, 1.82) is 0 Å². The lowest BCUT2D eigenvalue weighted by Crippen LogP contribution is -2.31. The lowest BCUT2D eigenvalue weighted by Gasteiger charge is -2.13. The largest absolute Gasteiger partial charge is 0.496 e. The summed E-state index contributed by atoms with van der Waals surface area (Å²) in [6, 6.07) is 4.31. The lowest BCUT2D eigenvalue weighted by atomic mass is 10.2. The highest BCUT2D eigenvalue weighted by atomic mass is 16.6. The molecule has 0 spiro atoms. The Balaban J connectivity index is 2.69. The number of benzene rings is 1. The standard InChI is InChI=1S/C12H18N2O5/c1-3-13-7-9(15)8-19-12-5-4-10(18-2)6-11(12)14(16)17/h4-6,9,13,15H,3,7-8H2,1-2H3. The number of methoxy groups -OCH3 is 1. The first-order valence-electron chi connectivity index (χ1n) is 5.92. The summed E-state index contributed by atoms with van der Waals surface area (Å²) >= 11 is 0. The molecule has 19 heavy (non-hydrogen) atoms. The normalized spacial score (nSPS) is 11.9. The van der Waals surface area contributed by atoms with E-state index in [9.17, 15) is 15.2 Å². The Morgan fingerprint density at radius 1 is 1.53 bits per heavy atom. The van der Waals surface area contributed by atoms with Gasteiger partial charge in [0.2, 0.25) is 0 Å². The lowest BCUT2D eigenvalue weighted by molar-refractivity contribution is -0.386. The van der Waals surface area contributed by atoms with Crippen molar-refractivity contribution in [3.63, 3.8) is 0 Å². The number of hydrogen-bond donors (Lipinski definition) is 2. The number of ether oxygens (including phenoxy) is 2. The van der Waals surface area contributed by atoms with E-state index in [-0.39, 0.29) is 18.0 Å². The van der Waals surface area contributed by atoms with Gasteiger partial charge in [-0.1, -0.05) is 6.92 Å². The summed E-state index contributed by atoms with van der Waals surface area (Å²) in [6.45, 7) is 3.02. The molecule has 1 aromatic rings. The predicted octanol–water partition coefficient (Wildman–Crippen LogP) is 0.953. The fraction of sp³-hybridized carbons (Fsp3) is 0.500. The van der Waals surface area contributed by atoms with Crippen LogP contribution in [0.1, 0.15) is 6.92 Å². The van der Waals surface area contributed by atoms with Crippen molar-refractivity contribution in [3.8, 4) is 11.5 Å². The van der Waals surface area contributed by atoms with Crippen molar-refractivity contribution < 1.29 is 19.5 Å². The molecule has 0 aliphatic carbocycles. The molecule has 0 fully saturated rings. The second-order valence-corrected chi connectivity index (χ2v) is 3.86. The number of hydrogen-bond acceptors (Lipinski definition) is 6. The third kappa shape index (κ3) is 4.72. The second kappa shape index (κ2) is 7.55. The van der Waals surface area contributed by atoms with Gasteiger partial charge >= 0.3 is 5.69 Å².